The van der Waals surface area contributed by atoms with Crippen LogP contribution >= 0.6 is 15.9 Å². The van der Waals surface area contributed by atoms with E-state index in [1.165, 1.54) is 16.4 Å². The highest BCUT2D eigenvalue weighted by atomic mass is 79.9. The molecule has 1 aromatic rings. The summed E-state index contributed by atoms with van der Waals surface area (Å²) in [5.74, 6) is -1.06. The normalized spacial score (nSPS) is 18.3. The molecular weight excluding hydrogens is 310 g/mol. The Kier molecular flexibility index (Phi) is 3.13. The van der Waals surface area contributed by atoms with Crippen LogP contribution in [0.2, 0.25) is 0 Å². The Balaban J connectivity index is 2.58. The summed E-state index contributed by atoms with van der Waals surface area (Å²) in [5.41, 5.74) is 0.225. The van der Waals surface area contributed by atoms with E-state index < -0.39 is 16.0 Å². The lowest BCUT2D eigenvalue weighted by Gasteiger charge is -2.19. The first-order valence-corrected chi connectivity index (χ1v) is 7.35. The smallest absolute Gasteiger partial charge is 0.337 e. The Morgan fingerprint density at radius 2 is 2.12 bits per heavy atom. The molecule has 0 atom stereocenters. The molecule has 1 aliphatic rings. The minimum absolute atomic E-state index is 0.00123. The number of anilines is 1. The van der Waals surface area contributed by atoms with Gasteiger partial charge in [0.2, 0.25) is 10.0 Å². The second-order valence-electron chi connectivity index (χ2n) is 3.71. The summed E-state index contributed by atoms with van der Waals surface area (Å²) in [6.45, 7) is 0.332. The highest BCUT2D eigenvalue weighted by molar-refractivity contribution is 9.10. The fourth-order valence-electron chi connectivity index (χ4n) is 1.80. The van der Waals surface area contributed by atoms with Gasteiger partial charge in [-0.15, -0.1) is 0 Å². The van der Waals surface area contributed by atoms with Crippen molar-refractivity contribution in [2.75, 3.05) is 16.6 Å². The molecule has 1 aromatic carbocycles. The molecule has 0 aliphatic carbocycles. The van der Waals surface area contributed by atoms with Crippen molar-refractivity contribution >= 4 is 37.6 Å². The van der Waals surface area contributed by atoms with E-state index in [0.717, 1.165) is 0 Å². The molecule has 92 valence electrons. The molecule has 0 aromatic heterocycles. The van der Waals surface area contributed by atoms with Gasteiger partial charge in [0, 0.05) is 11.0 Å². The number of hydrogen-bond acceptors (Lipinski definition) is 3. The first-order valence-electron chi connectivity index (χ1n) is 4.95. The third-order valence-electron chi connectivity index (χ3n) is 2.56. The number of carboxylic acid groups (broad SMARTS) is 1. The second-order valence-corrected chi connectivity index (χ2v) is 6.64. The van der Waals surface area contributed by atoms with Crippen molar-refractivity contribution in [3.63, 3.8) is 0 Å². The van der Waals surface area contributed by atoms with E-state index in [2.05, 4.69) is 15.9 Å². The van der Waals surface area contributed by atoms with Crippen LogP contribution < -0.4 is 4.31 Å². The van der Waals surface area contributed by atoms with Gasteiger partial charge >= 0.3 is 5.97 Å². The summed E-state index contributed by atoms with van der Waals surface area (Å²) in [6, 6.07) is 4.50. The molecule has 17 heavy (non-hydrogen) atoms. The van der Waals surface area contributed by atoms with E-state index in [-0.39, 0.29) is 17.0 Å². The minimum atomic E-state index is -3.36. The number of aromatic carboxylic acids is 1. The molecule has 0 amide bonds. The number of carbonyl (C=O) groups is 1. The summed E-state index contributed by atoms with van der Waals surface area (Å²) in [6.07, 6.45) is 0.522. The van der Waals surface area contributed by atoms with Crippen LogP contribution in [0.25, 0.3) is 0 Å². The molecule has 2 rings (SSSR count). The summed E-state index contributed by atoms with van der Waals surface area (Å²) in [7, 11) is -3.36. The van der Waals surface area contributed by atoms with Crippen molar-refractivity contribution in [1.29, 1.82) is 0 Å². The molecule has 1 aliphatic heterocycles. The predicted molar refractivity (Wildman–Crippen MR) is 66.9 cm³/mol. The van der Waals surface area contributed by atoms with Crippen molar-refractivity contribution in [2.24, 2.45) is 0 Å². The van der Waals surface area contributed by atoms with Crippen LogP contribution in [-0.2, 0) is 10.0 Å². The van der Waals surface area contributed by atoms with E-state index in [0.29, 0.717) is 17.4 Å². The molecule has 1 fully saturated rings. The maximum atomic E-state index is 11.8. The highest BCUT2D eigenvalue weighted by Crippen LogP contribution is 2.30. The Hall–Kier alpha value is -1.08. The second kappa shape index (κ2) is 4.30. The molecule has 0 unspecified atom stereocenters. The zero-order valence-electron chi connectivity index (χ0n) is 8.76. The van der Waals surface area contributed by atoms with Crippen LogP contribution in [0.1, 0.15) is 16.8 Å². The molecule has 1 heterocycles. The fourth-order valence-corrected chi connectivity index (χ4v) is 3.72. The molecule has 0 radical (unpaired) electrons. The number of benzene rings is 1. The maximum Gasteiger partial charge on any atom is 0.337 e. The van der Waals surface area contributed by atoms with E-state index in [1.807, 2.05) is 0 Å². The number of carboxylic acids is 1. The summed E-state index contributed by atoms with van der Waals surface area (Å²) < 4.78 is 25.4. The van der Waals surface area contributed by atoms with Gasteiger partial charge in [-0.3, -0.25) is 4.31 Å². The lowest BCUT2D eigenvalue weighted by atomic mass is 10.2. The van der Waals surface area contributed by atoms with Crippen molar-refractivity contribution in [3.05, 3.63) is 28.2 Å². The quantitative estimate of drug-likeness (QED) is 0.900. The molecule has 0 bridgehead atoms. The molecule has 5 nitrogen and oxygen atoms in total. The summed E-state index contributed by atoms with van der Waals surface area (Å²) in [5, 5.41) is 9.05. The number of nitrogens with zero attached hydrogens (tertiary/aromatic N) is 1. The Morgan fingerprint density at radius 1 is 1.41 bits per heavy atom. The van der Waals surface area contributed by atoms with Crippen LogP contribution in [-0.4, -0.2) is 31.8 Å². The van der Waals surface area contributed by atoms with E-state index in [4.69, 9.17) is 5.11 Å². The Bertz CT molecular complexity index is 570. The van der Waals surface area contributed by atoms with Crippen molar-refractivity contribution in [2.45, 2.75) is 6.42 Å². The first kappa shape index (κ1) is 12.4. The van der Waals surface area contributed by atoms with Crippen molar-refractivity contribution < 1.29 is 18.3 Å². The zero-order chi connectivity index (χ0) is 12.6. The average molecular weight is 320 g/mol. The number of sulfonamides is 1. The van der Waals surface area contributed by atoms with E-state index in [1.54, 1.807) is 6.07 Å². The average Bonchev–Trinajstić information content (AvgIpc) is 2.57. The van der Waals surface area contributed by atoms with Crippen molar-refractivity contribution in [3.8, 4) is 0 Å². The van der Waals surface area contributed by atoms with Crippen LogP contribution in [0.5, 0.6) is 0 Å². The third-order valence-corrected chi connectivity index (χ3v) is 4.91. The van der Waals surface area contributed by atoms with Crippen LogP contribution in [0.3, 0.4) is 0 Å². The summed E-state index contributed by atoms with van der Waals surface area (Å²) in [4.78, 5) is 11.1. The van der Waals surface area contributed by atoms with Gasteiger partial charge in [0.25, 0.3) is 0 Å². The third kappa shape index (κ3) is 2.30. The molecule has 1 N–H and O–H groups in total. The number of halogens is 1. The number of hydrogen-bond donors (Lipinski definition) is 1. The van der Waals surface area contributed by atoms with Gasteiger partial charge in [0.1, 0.15) is 0 Å². The van der Waals surface area contributed by atoms with Crippen LogP contribution in [0.4, 0.5) is 5.69 Å². The number of rotatable bonds is 2. The zero-order valence-corrected chi connectivity index (χ0v) is 11.2. The lowest BCUT2D eigenvalue weighted by Crippen LogP contribution is -2.27. The molecule has 7 heteroatoms. The monoisotopic (exact) mass is 319 g/mol. The fraction of sp³-hybridized carbons (Fsp3) is 0.300. The SMILES string of the molecule is O=C(O)c1ccc(Br)cc1N1CCCS1(=O)=O. The molecule has 1 saturated heterocycles. The topological polar surface area (TPSA) is 74.7 Å². The van der Waals surface area contributed by atoms with E-state index in [9.17, 15) is 13.2 Å². The molecule has 0 saturated carbocycles. The van der Waals surface area contributed by atoms with E-state index >= 15 is 0 Å². The van der Waals surface area contributed by atoms with Gasteiger partial charge in [0.15, 0.2) is 0 Å². The standard InChI is InChI=1S/C10H10BrNO4S/c11-7-2-3-8(10(13)14)9(6-7)12-4-1-5-17(12,15)16/h2-3,6H,1,4-5H2,(H,13,14). The van der Waals surface area contributed by atoms with Gasteiger partial charge in [-0.2, -0.15) is 0 Å². The Morgan fingerprint density at radius 3 is 2.65 bits per heavy atom. The summed E-state index contributed by atoms with van der Waals surface area (Å²) >= 11 is 3.22. The largest absolute Gasteiger partial charge is 0.478 e. The molecule has 0 spiro atoms. The molecular formula is C10H10BrNO4S. The highest BCUT2D eigenvalue weighted by Gasteiger charge is 2.31. The first-order chi connectivity index (χ1) is 7.92. The van der Waals surface area contributed by atoms with Gasteiger partial charge in [0.05, 0.1) is 17.0 Å². The van der Waals surface area contributed by atoms with Crippen LogP contribution in [0.15, 0.2) is 22.7 Å². The maximum absolute atomic E-state index is 11.8. The van der Waals surface area contributed by atoms with Crippen LogP contribution in [0, 0.1) is 0 Å². The predicted octanol–water partition coefficient (Wildman–Crippen LogP) is 1.69. The van der Waals surface area contributed by atoms with Gasteiger partial charge < -0.3 is 5.11 Å². The van der Waals surface area contributed by atoms with Gasteiger partial charge in [-0.1, -0.05) is 15.9 Å². The minimum Gasteiger partial charge on any atom is -0.478 e. The lowest BCUT2D eigenvalue weighted by molar-refractivity contribution is 0.0698. The Labute approximate surface area is 107 Å². The van der Waals surface area contributed by atoms with Crippen molar-refractivity contribution in [1.82, 2.24) is 0 Å². The van der Waals surface area contributed by atoms with Gasteiger partial charge in [-0.05, 0) is 24.6 Å². The van der Waals surface area contributed by atoms with Gasteiger partial charge in [-0.25, -0.2) is 13.2 Å².